The third-order valence-electron chi connectivity index (χ3n) is 3.17. The first-order valence-corrected chi connectivity index (χ1v) is 4.61. The number of carbonyl (C=O) groups is 1. The monoisotopic (exact) mass is 189 g/mol. The van der Waals surface area contributed by atoms with Gasteiger partial charge in [-0.05, 0) is 25.3 Å². The lowest BCUT2D eigenvalue weighted by molar-refractivity contribution is -0.119. The van der Waals surface area contributed by atoms with Crippen LogP contribution in [0.3, 0.4) is 0 Å². The molecule has 2 aliphatic rings. The van der Waals surface area contributed by atoms with E-state index in [1.54, 1.807) is 0 Å². The topological polar surface area (TPSA) is 29.1 Å². The van der Waals surface area contributed by atoms with Crippen molar-refractivity contribution in [3.05, 3.63) is 0 Å². The van der Waals surface area contributed by atoms with Gasteiger partial charge in [-0.3, -0.25) is 4.79 Å². The second-order valence-electron chi connectivity index (χ2n) is 4.18. The minimum Gasteiger partial charge on any atom is -0.307 e. The van der Waals surface area contributed by atoms with E-state index in [-0.39, 0.29) is 36.5 Å². The second-order valence-corrected chi connectivity index (χ2v) is 4.18. The van der Waals surface area contributed by atoms with Crippen molar-refractivity contribution in [2.45, 2.75) is 31.7 Å². The highest BCUT2D eigenvalue weighted by Gasteiger charge is 2.52. The van der Waals surface area contributed by atoms with Gasteiger partial charge in [0.05, 0.1) is 6.04 Å². The molecule has 0 aromatic rings. The summed E-state index contributed by atoms with van der Waals surface area (Å²) in [6.07, 6.45) is -0.163. The zero-order valence-electron chi connectivity index (χ0n) is 7.52. The van der Waals surface area contributed by atoms with Crippen LogP contribution in [0.2, 0.25) is 0 Å². The lowest BCUT2D eigenvalue weighted by Gasteiger charge is -2.15. The molecule has 0 amide bonds. The Kier molecular flexibility index (Phi) is 1.91. The van der Waals surface area contributed by atoms with E-state index in [0.717, 1.165) is 0 Å². The standard InChI is InChI=1S/C9H13F2NO/c1-5(13)8-7-3-9(10,11)2-6(7)4-12-8/h6-8,12H,2-4H2,1H3/t6-,7-,8+/m0/s1. The van der Waals surface area contributed by atoms with E-state index in [1.807, 2.05) is 0 Å². The molecule has 1 heterocycles. The van der Waals surface area contributed by atoms with Gasteiger partial charge in [0.2, 0.25) is 5.92 Å². The summed E-state index contributed by atoms with van der Waals surface area (Å²) in [6.45, 7) is 2.04. The van der Waals surface area contributed by atoms with Gasteiger partial charge in [0.25, 0.3) is 0 Å². The summed E-state index contributed by atoms with van der Waals surface area (Å²) in [7, 11) is 0. The summed E-state index contributed by atoms with van der Waals surface area (Å²) in [5.41, 5.74) is 0. The molecule has 2 rings (SSSR count). The molecule has 2 fully saturated rings. The number of nitrogens with one attached hydrogen (secondary N) is 1. The Bertz CT molecular complexity index is 242. The SMILES string of the molecule is CC(=O)[C@H]1NC[C@@H]2CC(F)(F)C[C@@H]21. The zero-order chi connectivity index (χ0) is 9.64. The van der Waals surface area contributed by atoms with Gasteiger partial charge in [0.15, 0.2) is 0 Å². The fourth-order valence-corrected chi connectivity index (χ4v) is 2.62. The number of rotatable bonds is 1. The van der Waals surface area contributed by atoms with Crippen LogP contribution in [0.5, 0.6) is 0 Å². The third-order valence-corrected chi connectivity index (χ3v) is 3.17. The van der Waals surface area contributed by atoms with E-state index in [0.29, 0.717) is 6.54 Å². The van der Waals surface area contributed by atoms with Gasteiger partial charge in [-0.25, -0.2) is 8.78 Å². The largest absolute Gasteiger partial charge is 0.307 e. The van der Waals surface area contributed by atoms with Gasteiger partial charge in [-0.2, -0.15) is 0 Å². The van der Waals surface area contributed by atoms with Crippen LogP contribution < -0.4 is 5.32 Å². The Hall–Kier alpha value is -0.510. The van der Waals surface area contributed by atoms with Crippen molar-refractivity contribution in [1.29, 1.82) is 0 Å². The van der Waals surface area contributed by atoms with Gasteiger partial charge in [-0.15, -0.1) is 0 Å². The molecule has 0 unspecified atom stereocenters. The Morgan fingerprint density at radius 1 is 1.46 bits per heavy atom. The molecule has 0 radical (unpaired) electrons. The van der Waals surface area contributed by atoms with Crippen molar-refractivity contribution < 1.29 is 13.6 Å². The van der Waals surface area contributed by atoms with Crippen LogP contribution in [-0.2, 0) is 4.79 Å². The lowest BCUT2D eigenvalue weighted by atomic mass is 9.92. The number of carbonyl (C=O) groups excluding carboxylic acids is 1. The van der Waals surface area contributed by atoms with E-state index in [1.165, 1.54) is 6.92 Å². The van der Waals surface area contributed by atoms with Gasteiger partial charge >= 0.3 is 0 Å². The number of Topliss-reactive ketones (excluding diaryl/α,β-unsaturated/α-hetero) is 1. The van der Waals surface area contributed by atoms with Crippen LogP contribution in [0.1, 0.15) is 19.8 Å². The van der Waals surface area contributed by atoms with Crippen molar-refractivity contribution in [3.63, 3.8) is 0 Å². The number of fused-ring (bicyclic) bond motifs is 1. The fraction of sp³-hybridized carbons (Fsp3) is 0.889. The summed E-state index contributed by atoms with van der Waals surface area (Å²) in [5, 5.41) is 3.01. The van der Waals surface area contributed by atoms with E-state index >= 15 is 0 Å². The predicted octanol–water partition coefficient (Wildman–Crippen LogP) is 1.21. The molecule has 2 nitrogen and oxygen atoms in total. The number of halogens is 2. The predicted molar refractivity (Wildman–Crippen MR) is 43.6 cm³/mol. The molecule has 0 aromatic carbocycles. The maximum atomic E-state index is 13.0. The van der Waals surface area contributed by atoms with E-state index in [9.17, 15) is 13.6 Å². The highest BCUT2D eigenvalue weighted by Crippen LogP contribution is 2.46. The molecule has 1 saturated heterocycles. The first kappa shape index (κ1) is 9.06. The molecule has 1 saturated carbocycles. The van der Waals surface area contributed by atoms with Crippen LogP contribution in [0.4, 0.5) is 8.78 Å². The molecule has 1 N–H and O–H groups in total. The summed E-state index contributed by atoms with van der Waals surface area (Å²) in [5.74, 6) is -2.67. The number of hydrogen-bond acceptors (Lipinski definition) is 2. The van der Waals surface area contributed by atoms with Crippen LogP contribution >= 0.6 is 0 Å². The minimum atomic E-state index is -2.54. The summed E-state index contributed by atoms with van der Waals surface area (Å²) >= 11 is 0. The summed E-state index contributed by atoms with van der Waals surface area (Å²) in [6, 6.07) is -0.321. The maximum Gasteiger partial charge on any atom is 0.248 e. The van der Waals surface area contributed by atoms with E-state index in [2.05, 4.69) is 5.32 Å². The molecule has 0 aromatic heterocycles. The Balaban J connectivity index is 2.12. The second kappa shape index (κ2) is 2.74. The molecular formula is C9H13F2NO. The van der Waals surface area contributed by atoms with Gasteiger partial charge in [0, 0.05) is 12.8 Å². The normalized spacial score (nSPS) is 41.9. The third kappa shape index (κ3) is 1.47. The minimum absolute atomic E-state index is 0.00361. The van der Waals surface area contributed by atoms with E-state index < -0.39 is 5.92 Å². The highest BCUT2D eigenvalue weighted by molar-refractivity contribution is 5.82. The van der Waals surface area contributed by atoms with Crippen molar-refractivity contribution >= 4 is 5.78 Å². The molecular weight excluding hydrogens is 176 g/mol. The number of ketones is 1. The molecule has 13 heavy (non-hydrogen) atoms. The van der Waals surface area contributed by atoms with Gasteiger partial charge in [0.1, 0.15) is 5.78 Å². The smallest absolute Gasteiger partial charge is 0.248 e. The summed E-state index contributed by atoms with van der Waals surface area (Å²) in [4.78, 5) is 11.1. The maximum absolute atomic E-state index is 13.0. The highest BCUT2D eigenvalue weighted by atomic mass is 19.3. The molecule has 74 valence electrons. The van der Waals surface area contributed by atoms with Crippen molar-refractivity contribution in [1.82, 2.24) is 5.32 Å². The van der Waals surface area contributed by atoms with Gasteiger partial charge in [-0.1, -0.05) is 0 Å². The molecule has 1 aliphatic carbocycles. The lowest BCUT2D eigenvalue weighted by Crippen LogP contribution is -2.35. The summed E-state index contributed by atoms with van der Waals surface area (Å²) < 4.78 is 25.9. The van der Waals surface area contributed by atoms with Crippen LogP contribution in [-0.4, -0.2) is 24.3 Å². The Morgan fingerprint density at radius 2 is 2.15 bits per heavy atom. The van der Waals surface area contributed by atoms with Crippen molar-refractivity contribution in [3.8, 4) is 0 Å². The zero-order valence-corrected chi connectivity index (χ0v) is 7.52. The number of hydrogen-bond donors (Lipinski definition) is 1. The van der Waals surface area contributed by atoms with Crippen LogP contribution in [0, 0.1) is 11.8 Å². The Morgan fingerprint density at radius 3 is 2.77 bits per heavy atom. The molecule has 4 heteroatoms. The quantitative estimate of drug-likeness (QED) is 0.671. The van der Waals surface area contributed by atoms with Crippen LogP contribution in [0.15, 0.2) is 0 Å². The molecule has 1 aliphatic heterocycles. The Labute approximate surface area is 75.7 Å². The average molecular weight is 189 g/mol. The van der Waals surface area contributed by atoms with E-state index in [4.69, 9.17) is 0 Å². The average Bonchev–Trinajstić information content (AvgIpc) is 2.41. The molecule has 0 bridgehead atoms. The fourth-order valence-electron chi connectivity index (χ4n) is 2.62. The molecule has 3 atom stereocenters. The van der Waals surface area contributed by atoms with Crippen molar-refractivity contribution in [2.75, 3.05) is 6.54 Å². The number of alkyl halides is 2. The first-order chi connectivity index (χ1) is 5.99. The molecule has 0 spiro atoms. The van der Waals surface area contributed by atoms with Crippen molar-refractivity contribution in [2.24, 2.45) is 11.8 Å². The first-order valence-electron chi connectivity index (χ1n) is 4.61. The van der Waals surface area contributed by atoms with Crippen LogP contribution in [0.25, 0.3) is 0 Å². The van der Waals surface area contributed by atoms with Gasteiger partial charge < -0.3 is 5.32 Å².